The van der Waals surface area contributed by atoms with Gasteiger partial charge in [-0.2, -0.15) is 0 Å². The Labute approximate surface area is 68.5 Å². The molecule has 0 radical (unpaired) electrons. The van der Waals surface area contributed by atoms with Crippen molar-refractivity contribution in [3.8, 4) is 0 Å². The van der Waals surface area contributed by atoms with E-state index in [0.29, 0.717) is 0 Å². The Morgan fingerprint density at radius 3 is 3.00 bits per heavy atom. The Bertz CT molecular complexity index is 209. The standard InChI is InChI=1S/C10H15N/c1-3-9-5-4-6-10(11-2)8-7-9/h4-6,8,11H,3,7H2,1-2H3. The molecular weight excluding hydrogens is 134 g/mol. The Kier molecular flexibility index (Phi) is 2.96. The van der Waals surface area contributed by atoms with Crippen LogP contribution >= 0.6 is 0 Å². The lowest BCUT2D eigenvalue weighted by atomic mass is 10.1. The fourth-order valence-corrected chi connectivity index (χ4v) is 1.11. The summed E-state index contributed by atoms with van der Waals surface area (Å²) in [7, 11) is 1.95. The average Bonchev–Trinajstić information content (AvgIpc) is 2.28. The monoisotopic (exact) mass is 149 g/mol. The lowest BCUT2D eigenvalue weighted by Gasteiger charge is -1.98. The lowest BCUT2D eigenvalue weighted by molar-refractivity contribution is 0.989. The highest BCUT2D eigenvalue weighted by atomic mass is 14.8. The summed E-state index contributed by atoms with van der Waals surface area (Å²) in [5, 5.41) is 3.13. The van der Waals surface area contributed by atoms with Crippen molar-refractivity contribution in [2.45, 2.75) is 19.8 Å². The van der Waals surface area contributed by atoms with Gasteiger partial charge in [-0.05, 0) is 18.9 Å². The first-order valence-electron chi connectivity index (χ1n) is 4.11. The largest absolute Gasteiger partial charge is 0.388 e. The van der Waals surface area contributed by atoms with Crippen molar-refractivity contribution in [1.82, 2.24) is 5.32 Å². The zero-order valence-electron chi connectivity index (χ0n) is 7.22. The molecule has 0 heterocycles. The highest BCUT2D eigenvalue weighted by Gasteiger charge is 1.95. The molecule has 0 aromatic carbocycles. The molecule has 0 saturated heterocycles. The molecule has 0 atom stereocenters. The molecule has 11 heavy (non-hydrogen) atoms. The molecule has 0 bridgehead atoms. The first kappa shape index (κ1) is 8.12. The van der Waals surface area contributed by atoms with Crippen molar-refractivity contribution < 1.29 is 0 Å². The van der Waals surface area contributed by atoms with Gasteiger partial charge in [-0.15, -0.1) is 0 Å². The Morgan fingerprint density at radius 1 is 1.55 bits per heavy atom. The van der Waals surface area contributed by atoms with Crippen LogP contribution < -0.4 is 5.32 Å². The smallest absolute Gasteiger partial charge is 0.0300 e. The lowest BCUT2D eigenvalue weighted by Crippen LogP contribution is -2.02. The summed E-state index contributed by atoms with van der Waals surface area (Å²) in [6, 6.07) is 0. The molecule has 60 valence electrons. The van der Waals surface area contributed by atoms with Gasteiger partial charge in [-0.1, -0.05) is 30.7 Å². The van der Waals surface area contributed by atoms with Crippen molar-refractivity contribution in [3.63, 3.8) is 0 Å². The third-order valence-corrected chi connectivity index (χ3v) is 1.93. The van der Waals surface area contributed by atoms with Gasteiger partial charge in [0.2, 0.25) is 0 Å². The molecule has 0 unspecified atom stereocenters. The first-order valence-corrected chi connectivity index (χ1v) is 4.11. The van der Waals surface area contributed by atoms with Crippen LogP contribution in [-0.4, -0.2) is 7.05 Å². The maximum atomic E-state index is 3.13. The third-order valence-electron chi connectivity index (χ3n) is 1.93. The summed E-state index contributed by atoms with van der Waals surface area (Å²) < 4.78 is 0. The molecule has 1 N–H and O–H groups in total. The summed E-state index contributed by atoms with van der Waals surface area (Å²) in [4.78, 5) is 0. The van der Waals surface area contributed by atoms with Crippen molar-refractivity contribution >= 4 is 0 Å². The van der Waals surface area contributed by atoms with Gasteiger partial charge in [0.1, 0.15) is 0 Å². The van der Waals surface area contributed by atoms with Gasteiger partial charge < -0.3 is 5.32 Å². The number of nitrogens with one attached hydrogen (secondary N) is 1. The van der Waals surface area contributed by atoms with E-state index < -0.39 is 0 Å². The van der Waals surface area contributed by atoms with E-state index in [1.165, 1.54) is 11.3 Å². The molecule has 1 aliphatic rings. The zero-order chi connectivity index (χ0) is 8.10. The van der Waals surface area contributed by atoms with Gasteiger partial charge >= 0.3 is 0 Å². The van der Waals surface area contributed by atoms with Crippen LogP contribution in [0, 0.1) is 0 Å². The molecule has 1 aliphatic carbocycles. The SMILES string of the molecule is CCC1=CC=CC(NC)=CC1. The number of hydrogen-bond acceptors (Lipinski definition) is 1. The molecular formula is C10H15N. The summed E-state index contributed by atoms with van der Waals surface area (Å²) in [6.07, 6.45) is 10.9. The molecule has 0 aromatic rings. The predicted octanol–water partition coefficient (Wildman–Crippen LogP) is 2.39. The number of hydrogen-bond donors (Lipinski definition) is 1. The molecule has 1 nitrogen and oxygen atoms in total. The Morgan fingerprint density at radius 2 is 2.36 bits per heavy atom. The number of likely N-dealkylation sites (N-methyl/N-ethyl adjacent to an activating group) is 1. The summed E-state index contributed by atoms with van der Waals surface area (Å²) >= 11 is 0. The zero-order valence-corrected chi connectivity index (χ0v) is 7.22. The predicted molar refractivity (Wildman–Crippen MR) is 49.3 cm³/mol. The molecule has 0 amide bonds. The third kappa shape index (κ3) is 2.26. The van der Waals surface area contributed by atoms with E-state index in [9.17, 15) is 0 Å². The van der Waals surface area contributed by atoms with Gasteiger partial charge in [0.15, 0.2) is 0 Å². The van der Waals surface area contributed by atoms with E-state index in [4.69, 9.17) is 0 Å². The van der Waals surface area contributed by atoms with E-state index >= 15 is 0 Å². The number of allylic oxidation sites excluding steroid dienone is 5. The van der Waals surface area contributed by atoms with E-state index in [2.05, 4.69) is 36.5 Å². The molecule has 1 heteroatoms. The van der Waals surface area contributed by atoms with Crippen LogP contribution in [0.25, 0.3) is 0 Å². The van der Waals surface area contributed by atoms with Crippen LogP contribution in [0.1, 0.15) is 19.8 Å². The average molecular weight is 149 g/mol. The van der Waals surface area contributed by atoms with Gasteiger partial charge in [-0.25, -0.2) is 0 Å². The topological polar surface area (TPSA) is 12.0 Å². The minimum atomic E-state index is 1.08. The van der Waals surface area contributed by atoms with Crippen LogP contribution in [-0.2, 0) is 0 Å². The normalized spacial score (nSPS) is 16.9. The van der Waals surface area contributed by atoms with E-state index in [-0.39, 0.29) is 0 Å². The first-order chi connectivity index (χ1) is 5.36. The Hall–Kier alpha value is -0.980. The minimum absolute atomic E-state index is 1.08. The highest BCUT2D eigenvalue weighted by Crippen LogP contribution is 2.12. The van der Waals surface area contributed by atoms with Crippen LogP contribution in [0.15, 0.2) is 35.6 Å². The minimum Gasteiger partial charge on any atom is -0.388 e. The van der Waals surface area contributed by atoms with Crippen molar-refractivity contribution in [3.05, 3.63) is 35.6 Å². The molecule has 1 rings (SSSR count). The Balaban J connectivity index is 2.66. The fourth-order valence-electron chi connectivity index (χ4n) is 1.11. The molecule has 0 fully saturated rings. The van der Waals surface area contributed by atoms with Crippen LogP contribution in [0.4, 0.5) is 0 Å². The quantitative estimate of drug-likeness (QED) is 0.635. The molecule has 0 aliphatic heterocycles. The van der Waals surface area contributed by atoms with Crippen LogP contribution in [0.5, 0.6) is 0 Å². The van der Waals surface area contributed by atoms with E-state index in [1.54, 1.807) is 0 Å². The fraction of sp³-hybridized carbons (Fsp3) is 0.400. The van der Waals surface area contributed by atoms with Gasteiger partial charge in [0.05, 0.1) is 0 Å². The van der Waals surface area contributed by atoms with Gasteiger partial charge in [0, 0.05) is 12.7 Å². The molecule has 0 saturated carbocycles. The van der Waals surface area contributed by atoms with Crippen LogP contribution in [0.3, 0.4) is 0 Å². The van der Waals surface area contributed by atoms with Crippen molar-refractivity contribution in [2.24, 2.45) is 0 Å². The molecule has 0 spiro atoms. The summed E-state index contributed by atoms with van der Waals surface area (Å²) in [5.74, 6) is 0. The molecule has 0 aromatic heterocycles. The van der Waals surface area contributed by atoms with E-state index in [1.807, 2.05) is 7.05 Å². The second-order valence-corrected chi connectivity index (χ2v) is 2.65. The summed E-state index contributed by atoms with van der Waals surface area (Å²) in [5.41, 5.74) is 2.70. The maximum absolute atomic E-state index is 3.13. The second kappa shape index (κ2) is 4.02. The summed E-state index contributed by atoms with van der Waals surface area (Å²) in [6.45, 7) is 2.19. The highest BCUT2D eigenvalue weighted by molar-refractivity contribution is 5.28. The maximum Gasteiger partial charge on any atom is 0.0300 e. The second-order valence-electron chi connectivity index (χ2n) is 2.65. The van der Waals surface area contributed by atoms with Crippen molar-refractivity contribution in [2.75, 3.05) is 7.05 Å². The van der Waals surface area contributed by atoms with Gasteiger partial charge in [-0.3, -0.25) is 0 Å². The van der Waals surface area contributed by atoms with E-state index in [0.717, 1.165) is 12.8 Å². The number of rotatable bonds is 2. The van der Waals surface area contributed by atoms with Crippen molar-refractivity contribution in [1.29, 1.82) is 0 Å². The van der Waals surface area contributed by atoms with Crippen LogP contribution in [0.2, 0.25) is 0 Å². The van der Waals surface area contributed by atoms with Gasteiger partial charge in [0.25, 0.3) is 0 Å².